The van der Waals surface area contributed by atoms with Gasteiger partial charge in [0.05, 0.1) is 13.7 Å². The number of ether oxygens (including phenoxy) is 2. The van der Waals surface area contributed by atoms with Gasteiger partial charge in [-0.2, -0.15) is 0 Å². The van der Waals surface area contributed by atoms with E-state index in [2.05, 4.69) is 72.4 Å². The van der Waals surface area contributed by atoms with Crippen LogP contribution in [-0.4, -0.2) is 41.0 Å². The Hall–Kier alpha value is -2.98. The van der Waals surface area contributed by atoms with Gasteiger partial charge in [0.2, 0.25) is 0 Å². The first kappa shape index (κ1) is 21.3. The molecule has 0 fully saturated rings. The maximum Gasteiger partial charge on any atom is 0.118 e. The first-order valence-corrected chi connectivity index (χ1v) is 11.0. The zero-order valence-electron chi connectivity index (χ0n) is 19.0. The lowest BCUT2D eigenvalue weighted by Crippen LogP contribution is -2.22. The number of methoxy groups -OCH3 is 1. The molecule has 0 aliphatic heterocycles. The van der Waals surface area contributed by atoms with Crippen molar-refractivity contribution in [3.63, 3.8) is 0 Å². The van der Waals surface area contributed by atoms with Crippen LogP contribution in [0.4, 0.5) is 11.4 Å². The van der Waals surface area contributed by atoms with Crippen LogP contribution in [-0.2, 0) is 17.7 Å². The maximum atomic E-state index is 5.52. The van der Waals surface area contributed by atoms with E-state index in [4.69, 9.17) is 9.47 Å². The Morgan fingerprint density at radius 3 is 2.00 bits per heavy atom. The number of likely N-dealkylation sites (N-methyl/N-ethyl adjacent to an activating group) is 1. The second-order valence-corrected chi connectivity index (χ2v) is 8.18. The molecular weight excluding hydrogens is 384 g/mol. The average Bonchev–Trinajstić information content (AvgIpc) is 3.16. The van der Waals surface area contributed by atoms with Crippen LogP contribution in [0.1, 0.15) is 23.6 Å². The summed E-state index contributed by atoms with van der Waals surface area (Å²) in [6, 6.07) is 22.0. The molecule has 0 heterocycles. The standard InChI is InChI=1S/C27H32N2O2/c1-5-31-15-14-28(2)23-10-8-21-16-22-9-11-24(18-27(22)26(21)17-23)29(3)19-20-6-12-25(30-4)13-7-20/h6-13,17-18H,5,14-16,19H2,1-4H3. The van der Waals surface area contributed by atoms with Crippen molar-refractivity contribution in [3.8, 4) is 16.9 Å². The monoisotopic (exact) mass is 416 g/mol. The van der Waals surface area contributed by atoms with Gasteiger partial charge < -0.3 is 19.3 Å². The van der Waals surface area contributed by atoms with Crippen molar-refractivity contribution in [1.82, 2.24) is 0 Å². The highest BCUT2D eigenvalue weighted by atomic mass is 16.5. The zero-order valence-corrected chi connectivity index (χ0v) is 19.0. The third-order valence-electron chi connectivity index (χ3n) is 6.09. The fourth-order valence-electron chi connectivity index (χ4n) is 4.19. The van der Waals surface area contributed by atoms with Crippen LogP contribution in [0.2, 0.25) is 0 Å². The molecule has 4 nitrogen and oxygen atoms in total. The van der Waals surface area contributed by atoms with Gasteiger partial charge in [-0.15, -0.1) is 0 Å². The summed E-state index contributed by atoms with van der Waals surface area (Å²) in [5.74, 6) is 0.891. The molecule has 0 aromatic heterocycles. The SMILES string of the molecule is CCOCCN(C)c1ccc2c(c1)-c1cc(N(C)Cc3ccc(OC)cc3)ccc1C2. The van der Waals surface area contributed by atoms with Gasteiger partial charge in [-0.1, -0.05) is 24.3 Å². The minimum absolute atomic E-state index is 0.751. The van der Waals surface area contributed by atoms with E-state index in [1.54, 1.807) is 7.11 Å². The van der Waals surface area contributed by atoms with Crippen LogP contribution >= 0.6 is 0 Å². The smallest absolute Gasteiger partial charge is 0.118 e. The number of fused-ring (bicyclic) bond motifs is 3. The maximum absolute atomic E-state index is 5.52. The van der Waals surface area contributed by atoms with E-state index in [0.29, 0.717) is 0 Å². The van der Waals surface area contributed by atoms with Gasteiger partial charge >= 0.3 is 0 Å². The first-order valence-electron chi connectivity index (χ1n) is 11.0. The van der Waals surface area contributed by atoms with Gasteiger partial charge in [-0.3, -0.25) is 0 Å². The van der Waals surface area contributed by atoms with Crippen LogP contribution < -0.4 is 14.5 Å². The summed E-state index contributed by atoms with van der Waals surface area (Å²) in [5, 5.41) is 0. The summed E-state index contributed by atoms with van der Waals surface area (Å²) in [5.41, 5.74) is 9.27. The quantitative estimate of drug-likeness (QED) is 0.342. The number of rotatable bonds is 9. The number of hydrogen-bond acceptors (Lipinski definition) is 4. The van der Waals surface area contributed by atoms with Crippen molar-refractivity contribution in [3.05, 3.63) is 77.4 Å². The van der Waals surface area contributed by atoms with E-state index >= 15 is 0 Å². The zero-order chi connectivity index (χ0) is 21.8. The molecule has 1 aliphatic carbocycles. The lowest BCUT2D eigenvalue weighted by Gasteiger charge is -2.21. The predicted octanol–water partition coefficient (Wildman–Crippen LogP) is 5.38. The van der Waals surface area contributed by atoms with E-state index in [9.17, 15) is 0 Å². The third kappa shape index (κ3) is 4.70. The predicted molar refractivity (Wildman–Crippen MR) is 130 cm³/mol. The molecule has 4 heteroatoms. The lowest BCUT2D eigenvalue weighted by molar-refractivity contribution is 0.154. The molecule has 31 heavy (non-hydrogen) atoms. The number of anilines is 2. The molecule has 0 spiro atoms. The Balaban J connectivity index is 1.54. The highest BCUT2D eigenvalue weighted by Gasteiger charge is 2.20. The summed E-state index contributed by atoms with van der Waals surface area (Å²) in [6.07, 6.45) is 1.01. The van der Waals surface area contributed by atoms with Crippen LogP contribution in [0, 0.1) is 0 Å². The van der Waals surface area contributed by atoms with E-state index in [1.807, 2.05) is 19.1 Å². The summed E-state index contributed by atoms with van der Waals surface area (Å²) < 4.78 is 10.8. The van der Waals surface area contributed by atoms with Gasteiger partial charge in [-0.25, -0.2) is 0 Å². The fraction of sp³-hybridized carbons (Fsp3) is 0.333. The van der Waals surface area contributed by atoms with Gasteiger partial charge in [-0.05, 0) is 77.6 Å². The minimum Gasteiger partial charge on any atom is -0.497 e. The van der Waals surface area contributed by atoms with Crippen molar-refractivity contribution in [1.29, 1.82) is 0 Å². The lowest BCUT2D eigenvalue weighted by atomic mass is 10.0. The Labute approximate surface area is 186 Å². The van der Waals surface area contributed by atoms with Crippen LogP contribution in [0.5, 0.6) is 5.75 Å². The van der Waals surface area contributed by atoms with Gasteiger partial charge in [0.1, 0.15) is 5.75 Å². The molecule has 3 aromatic rings. The highest BCUT2D eigenvalue weighted by Crippen LogP contribution is 2.40. The van der Waals surface area contributed by atoms with Crippen LogP contribution in [0.25, 0.3) is 11.1 Å². The fourth-order valence-corrected chi connectivity index (χ4v) is 4.19. The molecule has 0 amide bonds. The Bertz CT molecular complexity index is 1030. The molecule has 0 saturated heterocycles. The van der Waals surface area contributed by atoms with Crippen molar-refractivity contribution in [2.24, 2.45) is 0 Å². The molecule has 4 rings (SSSR count). The highest BCUT2D eigenvalue weighted by molar-refractivity contribution is 5.82. The summed E-state index contributed by atoms with van der Waals surface area (Å²) >= 11 is 0. The van der Waals surface area contributed by atoms with Gasteiger partial charge in [0, 0.05) is 45.2 Å². The molecule has 1 aliphatic rings. The van der Waals surface area contributed by atoms with E-state index in [-0.39, 0.29) is 0 Å². The summed E-state index contributed by atoms with van der Waals surface area (Å²) in [6.45, 7) is 5.30. The molecule has 0 unspecified atom stereocenters. The second kappa shape index (κ2) is 9.44. The Kier molecular flexibility index (Phi) is 6.47. The number of benzene rings is 3. The van der Waals surface area contributed by atoms with E-state index in [1.165, 1.54) is 39.2 Å². The topological polar surface area (TPSA) is 24.9 Å². The molecule has 3 aromatic carbocycles. The van der Waals surface area contributed by atoms with Crippen molar-refractivity contribution < 1.29 is 9.47 Å². The minimum atomic E-state index is 0.751. The van der Waals surface area contributed by atoms with E-state index < -0.39 is 0 Å². The normalized spacial score (nSPS) is 11.7. The average molecular weight is 417 g/mol. The first-order chi connectivity index (χ1) is 15.1. The number of nitrogens with zero attached hydrogens (tertiary/aromatic N) is 2. The van der Waals surface area contributed by atoms with E-state index in [0.717, 1.165) is 38.5 Å². The van der Waals surface area contributed by atoms with Crippen LogP contribution in [0.15, 0.2) is 60.7 Å². The van der Waals surface area contributed by atoms with Gasteiger partial charge in [0.15, 0.2) is 0 Å². The molecule has 0 saturated carbocycles. The summed E-state index contributed by atoms with van der Waals surface area (Å²) in [7, 11) is 5.99. The van der Waals surface area contributed by atoms with Crippen molar-refractivity contribution >= 4 is 11.4 Å². The molecule has 162 valence electrons. The van der Waals surface area contributed by atoms with Crippen molar-refractivity contribution in [2.75, 3.05) is 50.8 Å². The van der Waals surface area contributed by atoms with Gasteiger partial charge in [0.25, 0.3) is 0 Å². The molecule has 0 bridgehead atoms. The molecule has 0 radical (unpaired) electrons. The Morgan fingerprint density at radius 1 is 0.806 bits per heavy atom. The Morgan fingerprint density at radius 2 is 1.42 bits per heavy atom. The summed E-state index contributed by atoms with van der Waals surface area (Å²) in [4.78, 5) is 4.58. The van der Waals surface area contributed by atoms with Crippen molar-refractivity contribution in [2.45, 2.75) is 19.9 Å². The third-order valence-corrected chi connectivity index (χ3v) is 6.09. The van der Waals surface area contributed by atoms with Crippen LogP contribution in [0.3, 0.4) is 0 Å². The number of hydrogen-bond donors (Lipinski definition) is 0. The molecular formula is C27H32N2O2. The molecule has 0 N–H and O–H groups in total. The second-order valence-electron chi connectivity index (χ2n) is 8.18. The largest absolute Gasteiger partial charge is 0.497 e. The molecule has 0 atom stereocenters.